The van der Waals surface area contributed by atoms with Crippen LogP contribution in [0, 0.1) is 0 Å². The fraction of sp³-hybridized carbons (Fsp3) is 0.400. The highest BCUT2D eigenvalue weighted by atomic mass is 32.2. The molecule has 0 N–H and O–H groups in total. The molecule has 0 bridgehead atoms. The molecule has 0 spiro atoms. The molecule has 1 fully saturated rings. The minimum atomic E-state index is -3.80. The number of morpholine rings is 1. The van der Waals surface area contributed by atoms with Gasteiger partial charge in [-0.1, -0.05) is 0 Å². The zero-order valence-corrected chi connectivity index (χ0v) is 18.9. The van der Waals surface area contributed by atoms with E-state index < -0.39 is 22.6 Å². The van der Waals surface area contributed by atoms with Gasteiger partial charge in [0.25, 0.3) is 5.91 Å². The number of esters is 1. The molecule has 0 aliphatic carbocycles. The van der Waals surface area contributed by atoms with Crippen LogP contribution < -0.4 is 4.74 Å². The van der Waals surface area contributed by atoms with Gasteiger partial charge in [0, 0.05) is 26.7 Å². The summed E-state index contributed by atoms with van der Waals surface area (Å²) in [6, 6.07) is 5.89. The summed E-state index contributed by atoms with van der Waals surface area (Å²) in [5.74, 6) is -1.06. The Bertz CT molecular complexity index is 1020. The molecule has 1 aliphatic heterocycles. The summed E-state index contributed by atoms with van der Waals surface area (Å²) >= 11 is 1.53. The standard InChI is InChI=1S/C20H24N2O7S2/c1-21(12-15-5-10-30-14-15)19(23)13-29-20(24)17-11-16(3-4-18(17)27-2)31(25,26)22-6-8-28-9-7-22/h3-5,10-11,14H,6-9,12-13H2,1-2H3. The van der Waals surface area contributed by atoms with E-state index in [4.69, 9.17) is 14.2 Å². The quantitative estimate of drug-likeness (QED) is 0.542. The third kappa shape index (κ3) is 5.62. The molecule has 2 heterocycles. The fourth-order valence-electron chi connectivity index (χ4n) is 3.00. The Morgan fingerprint density at radius 1 is 1.23 bits per heavy atom. The van der Waals surface area contributed by atoms with Gasteiger partial charge in [-0.3, -0.25) is 4.79 Å². The second-order valence-electron chi connectivity index (χ2n) is 6.84. The number of hydrogen-bond donors (Lipinski definition) is 0. The molecular weight excluding hydrogens is 444 g/mol. The van der Waals surface area contributed by atoms with Crippen molar-refractivity contribution in [3.63, 3.8) is 0 Å². The molecule has 2 aromatic rings. The Morgan fingerprint density at radius 2 is 1.97 bits per heavy atom. The molecule has 3 rings (SSSR count). The predicted molar refractivity (Wildman–Crippen MR) is 114 cm³/mol. The number of hydrogen-bond acceptors (Lipinski definition) is 8. The lowest BCUT2D eigenvalue weighted by atomic mass is 10.2. The van der Waals surface area contributed by atoms with Gasteiger partial charge in [-0.15, -0.1) is 0 Å². The van der Waals surface area contributed by atoms with Crippen LogP contribution in [0.25, 0.3) is 0 Å². The van der Waals surface area contributed by atoms with E-state index >= 15 is 0 Å². The number of carbonyl (C=O) groups excluding carboxylic acids is 2. The first-order valence-electron chi connectivity index (χ1n) is 9.51. The highest BCUT2D eigenvalue weighted by Crippen LogP contribution is 2.26. The molecule has 1 amide bonds. The summed E-state index contributed by atoms with van der Waals surface area (Å²) in [5, 5.41) is 3.85. The second kappa shape index (κ2) is 10.2. The molecule has 0 saturated carbocycles. The van der Waals surface area contributed by atoms with Crippen molar-refractivity contribution in [1.82, 2.24) is 9.21 Å². The van der Waals surface area contributed by atoms with Crippen LogP contribution in [0.15, 0.2) is 39.9 Å². The Labute approximate surface area is 185 Å². The maximum Gasteiger partial charge on any atom is 0.342 e. The molecule has 31 heavy (non-hydrogen) atoms. The minimum absolute atomic E-state index is 0.0527. The molecule has 1 aromatic carbocycles. The molecule has 11 heteroatoms. The van der Waals surface area contributed by atoms with Gasteiger partial charge >= 0.3 is 5.97 Å². The van der Waals surface area contributed by atoms with E-state index in [-0.39, 0.29) is 35.2 Å². The van der Waals surface area contributed by atoms with Crippen LogP contribution in [-0.4, -0.2) is 76.6 Å². The van der Waals surface area contributed by atoms with E-state index in [1.807, 2.05) is 16.8 Å². The number of ether oxygens (including phenoxy) is 3. The van der Waals surface area contributed by atoms with Crippen LogP contribution >= 0.6 is 11.3 Å². The molecular formula is C20H24N2O7S2. The SMILES string of the molecule is COc1ccc(S(=O)(=O)N2CCOCC2)cc1C(=O)OCC(=O)N(C)Cc1ccsc1. The average Bonchev–Trinajstić information content (AvgIpc) is 3.30. The lowest BCUT2D eigenvalue weighted by Crippen LogP contribution is -2.40. The largest absolute Gasteiger partial charge is 0.496 e. The zero-order valence-electron chi connectivity index (χ0n) is 17.3. The Hall–Kier alpha value is -2.47. The second-order valence-corrected chi connectivity index (χ2v) is 9.55. The number of benzene rings is 1. The smallest absolute Gasteiger partial charge is 0.342 e. The first-order valence-corrected chi connectivity index (χ1v) is 11.9. The average molecular weight is 469 g/mol. The molecule has 0 unspecified atom stereocenters. The highest BCUT2D eigenvalue weighted by Gasteiger charge is 2.28. The van der Waals surface area contributed by atoms with Crippen molar-refractivity contribution in [3.05, 3.63) is 46.2 Å². The number of carbonyl (C=O) groups is 2. The van der Waals surface area contributed by atoms with E-state index in [2.05, 4.69) is 0 Å². The first-order chi connectivity index (χ1) is 14.8. The topological polar surface area (TPSA) is 102 Å². The maximum absolute atomic E-state index is 12.9. The predicted octanol–water partition coefficient (Wildman–Crippen LogP) is 1.59. The lowest BCUT2D eigenvalue weighted by molar-refractivity contribution is -0.133. The van der Waals surface area contributed by atoms with Crippen LogP contribution in [0.2, 0.25) is 0 Å². The summed E-state index contributed by atoms with van der Waals surface area (Å²) in [6.07, 6.45) is 0. The number of sulfonamides is 1. The summed E-state index contributed by atoms with van der Waals surface area (Å²) in [5.41, 5.74) is 0.917. The molecule has 1 aliphatic rings. The van der Waals surface area contributed by atoms with Gasteiger partial charge in [-0.05, 0) is 40.6 Å². The number of nitrogens with zero attached hydrogens (tertiary/aromatic N) is 2. The van der Waals surface area contributed by atoms with Gasteiger partial charge in [0.1, 0.15) is 11.3 Å². The highest BCUT2D eigenvalue weighted by molar-refractivity contribution is 7.89. The monoisotopic (exact) mass is 468 g/mol. The minimum Gasteiger partial charge on any atom is -0.496 e. The van der Waals surface area contributed by atoms with Crippen molar-refractivity contribution in [1.29, 1.82) is 0 Å². The van der Waals surface area contributed by atoms with Crippen molar-refractivity contribution < 1.29 is 32.2 Å². The van der Waals surface area contributed by atoms with Crippen molar-refractivity contribution in [3.8, 4) is 5.75 Å². The van der Waals surface area contributed by atoms with Crippen LogP contribution in [0.5, 0.6) is 5.75 Å². The number of likely N-dealkylation sites (N-methyl/N-ethyl adjacent to an activating group) is 1. The summed E-state index contributed by atoms with van der Waals surface area (Å²) in [7, 11) is -0.823. The molecule has 0 atom stereocenters. The van der Waals surface area contributed by atoms with Crippen LogP contribution in [-0.2, 0) is 30.8 Å². The normalized spacial score (nSPS) is 14.8. The van der Waals surface area contributed by atoms with Gasteiger partial charge in [0.05, 0.1) is 25.2 Å². The van der Waals surface area contributed by atoms with Crippen LogP contribution in [0.4, 0.5) is 0 Å². The molecule has 9 nitrogen and oxygen atoms in total. The van der Waals surface area contributed by atoms with Gasteiger partial charge < -0.3 is 19.1 Å². The van der Waals surface area contributed by atoms with Gasteiger partial charge in [-0.2, -0.15) is 15.6 Å². The number of rotatable bonds is 8. The third-order valence-corrected chi connectivity index (χ3v) is 7.38. The van der Waals surface area contributed by atoms with Crippen molar-refractivity contribution in [2.24, 2.45) is 0 Å². The van der Waals surface area contributed by atoms with E-state index in [1.54, 1.807) is 7.05 Å². The Balaban J connectivity index is 1.70. The molecule has 0 radical (unpaired) electrons. The van der Waals surface area contributed by atoms with Crippen molar-refractivity contribution in [2.75, 3.05) is 47.1 Å². The van der Waals surface area contributed by atoms with E-state index in [1.165, 1.54) is 45.9 Å². The van der Waals surface area contributed by atoms with E-state index in [9.17, 15) is 18.0 Å². The third-order valence-electron chi connectivity index (χ3n) is 4.75. The Morgan fingerprint density at radius 3 is 2.61 bits per heavy atom. The van der Waals surface area contributed by atoms with Gasteiger partial charge in [0.15, 0.2) is 6.61 Å². The molecule has 1 saturated heterocycles. The molecule has 1 aromatic heterocycles. The number of thiophene rings is 1. The number of methoxy groups -OCH3 is 1. The maximum atomic E-state index is 12.9. The molecule has 168 valence electrons. The summed E-state index contributed by atoms with van der Waals surface area (Å²) < 4.78 is 42.6. The van der Waals surface area contributed by atoms with Gasteiger partial charge in [-0.25, -0.2) is 13.2 Å². The van der Waals surface area contributed by atoms with E-state index in [0.29, 0.717) is 19.8 Å². The number of amides is 1. The summed E-state index contributed by atoms with van der Waals surface area (Å²) in [6.45, 7) is 1.02. The Kier molecular flexibility index (Phi) is 7.65. The fourth-order valence-corrected chi connectivity index (χ4v) is 5.10. The van der Waals surface area contributed by atoms with Crippen molar-refractivity contribution >= 4 is 33.2 Å². The van der Waals surface area contributed by atoms with Gasteiger partial charge in [0.2, 0.25) is 10.0 Å². The van der Waals surface area contributed by atoms with Crippen molar-refractivity contribution in [2.45, 2.75) is 11.4 Å². The van der Waals surface area contributed by atoms with Crippen LogP contribution in [0.3, 0.4) is 0 Å². The van der Waals surface area contributed by atoms with Crippen LogP contribution in [0.1, 0.15) is 15.9 Å². The van der Waals surface area contributed by atoms with E-state index in [0.717, 1.165) is 5.56 Å². The first kappa shape index (κ1) is 23.2. The lowest BCUT2D eigenvalue weighted by Gasteiger charge is -2.26. The summed E-state index contributed by atoms with van der Waals surface area (Å²) in [4.78, 5) is 26.3. The zero-order chi connectivity index (χ0) is 22.4.